The van der Waals surface area contributed by atoms with E-state index in [2.05, 4.69) is 15.9 Å². The number of rotatable bonds is 5. The number of carbonyl (C=O) groups is 1. The minimum absolute atomic E-state index is 0.445. The number of hydrogen-bond acceptors (Lipinski definition) is 3. The molecule has 0 spiro atoms. The Bertz CT molecular complexity index is 616. The van der Waals surface area contributed by atoms with Gasteiger partial charge in [0.1, 0.15) is 5.75 Å². The molecule has 0 aliphatic carbocycles. The highest BCUT2D eigenvalue weighted by atomic mass is 79.9. The molecule has 0 amide bonds. The Kier molecular flexibility index (Phi) is 5.65. The van der Waals surface area contributed by atoms with E-state index >= 15 is 0 Å². The van der Waals surface area contributed by atoms with Gasteiger partial charge in [-0.2, -0.15) is 0 Å². The Morgan fingerprint density at radius 1 is 1.24 bits per heavy atom. The zero-order valence-electron chi connectivity index (χ0n) is 11.4. The van der Waals surface area contributed by atoms with Crippen LogP contribution in [0.1, 0.15) is 17.2 Å². The molecule has 2 rings (SSSR count). The van der Waals surface area contributed by atoms with Gasteiger partial charge in [-0.25, -0.2) is 4.79 Å². The highest BCUT2D eigenvalue weighted by Gasteiger charge is 2.24. The molecule has 0 N–H and O–H groups in total. The molecule has 0 saturated heterocycles. The molecule has 1 atom stereocenters. The number of hydrogen-bond donors (Lipinski definition) is 0. The van der Waals surface area contributed by atoms with E-state index in [4.69, 9.17) is 21.1 Å². The van der Waals surface area contributed by atoms with Crippen molar-refractivity contribution >= 4 is 33.5 Å². The third-order valence-corrected chi connectivity index (χ3v) is 3.86. The first-order chi connectivity index (χ1) is 10.2. The van der Waals surface area contributed by atoms with Crippen LogP contribution in [0.5, 0.6) is 5.75 Å². The summed E-state index contributed by atoms with van der Waals surface area (Å²) in [5.41, 5.74) is 1.74. The second kappa shape index (κ2) is 7.48. The van der Waals surface area contributed by atoms with Crippen molar-refractivity contribution in [1.82, 2.24) is 0 Å². The Hall–Kier alpha value is -1.52. The molecule has 21 heavy (non-hydrogen) atoms. The van der Waals surface area contributed by atoms with Gasteiger partial charge in [-0.1, -0.05) is 63.9 Å². The van der Waals surface area contributed by atoms with Crippen LogP contribution in [-0.4, -0.2) is 13.1 Å². The maximum Gasteiger partial charge on any atom is 0.351 e. The van der Waals surface area contributed by atoms with Crippen molar-refractivity contribution < 1.29 is 14.3 Å². The Morgan fingerprint density at radius 3 is 2.52 bits per heavy atom. The van der Waals surface area contributed by atoms with Crippen molar-refractivity contribution in [3.63, 3.8) is 0 Å². The lowest BCUT2D eigenvalue weighted by atomic mass is 10.1. The second-order valence-corrected chi connectivity index (χ2v) is 5.30. The quantitative estimate of drug-likeness (QED) is 0.574. The van der Waals surface area contributed by atoms with Gasteiger partial charge in [0.05, 0.1) is 12.1 Å². The van der Waals surface area contributed by atoms with Crippen LogP contribution in [0, 0.1) is 0 Å². The minimum Gasteiger partial charge on any atom is -0.472 e. The summed E-state index contributed by atoms with van der Waals surface area (Å²) >= 11 is 9.55. The van der Waals surface area contributed by atoms with E-state index in [0.29, 0.717) is 21.7 Å². The van der Waals surface area contributed by atoms with Crippen LogP contribution in [0.2, 0.25) is 5.02 Å². The fraction of sp³-hybridized carbons (Fsp3) is 0.188. The van der Waals surface area contributed by atoms with Gasteiger partial charge in [-0.05, 0) is 17.7 Å². The zero-order chi connectivity index (χ0) is 15.2. The number of benzene rings is 2. The summed E-state index contributed by atoms with van der Waals surface area (Å²) in [6.07, 6.45) is -0.844. The van der Waals surface area contributed by atoms with Crippen molar-refractivity contribution in [2.24, 2.45) is 0 Å². The number of carbonyl (C=O) groups excluding carboxylic acids is 1. The Labute approximate surface area is 137 Å². The van der Waals surface area contributed by atoms with Crippen molar-refractivity contribution in [3.8, 4) is 5.75 Å². The van der Waals surface area contributed by atoms with E-state index < -0.39 is 12.1 Å². The van der Waals surface area contributed by atoms with Gasteiger partial charge in [0.25, 0.3) is 0 Å². The van der Waals surface area contributed by atoms with Crippen LogP contribution in [0.25, 0.3) is 0 Å². The molecule has 3 nitrogen and oxygen atoms in total. The normalized spacial score (nSPS) is 11.8. The molecule has 0 aromatic heterocycles. The van der Waals surface area contributed by atoms with Gasteiger partial charge in [-0.3, -0.25) is 0 Å². The third kappa shape index (κ3) is 3.99. The van der Waals surface area contributed by atoms with Crippen molar-refractivity contribution in [2.45, 2.75) is 11.4 Å². The first-order valence-electron chi connectivity index (χ1n) is 6.29. The van der Waals surface area contributed by atoms with E-state index in [1.54, 1.807) is 12.1 Å². The summed E-state index contributed by atoms with van der Waals surface area (Å²) in [6.45, 7) is 0. The molecule has 5 heteroatoms. The molecule has 0 saturated carbocycles. The van der Waals surface area contributed by atoms with Gasteiger partial charge < -0.3 is 9.47 Å². The van der Waals surface area contributed by atoms with Crippen LogP contribution >= 0.6 is 27.5 Å². The Morgan fingerprint density at radius 2 is 1.95 bits per heavy atom. The fourth-order valence-electron chi connectivity index (χ4n) is 1.84. The predicted molar refractivity (Wildman–Crippen MR) is 85.9 cm³/mol. The number of esters is 1. The van der Waals surface area contributed by atoms with Crippen LogP contribution in [0.4, 0.5) is 0 Å². The molecular weight excluding hydrogens is 356 g/mol. The summed E-state index contributed by atoms with van der Waals surface area (Å²) in [5, 5.41) is 1.16. The molecule has 0 aliphatic rings. The summed E-state index contributed by atoms with van der Waals surface area (Å²) in [6, 6.07) is 14.6. The molecule has 2 aromatic carbocycles. The standard InChI is InChI=1S/C16H14BrClO3/c1-20-16(19)15(12-5-3-2-4-6-12)21-14-8-7-11(10-17)9-13(14)18/h2-9,15H,10H2,1H3. The largest absolute Gasteiger partial charge is 0.472 e. The zero-order valence-corrected chi connectivity index (χ0v) is 13.7. The summed E-state index contributed by atoms with van der Waals surface area (Å²) < 4.78 is 10.6. The number of ether oxygens (including phenoxy) is 2. The molecule has 0 bridgehead atoms. The molecule has 1 unspecified atom stereocenters. The highest BCUT2D eigenvalue weighted by Crippen LogP contribution is 2.31. The molecule has 0 heterocycles. The van der Waals surface area contributed by atoms with Crippen LogP contribution in [0.15, 0.2) is 48.5 Å². The monoisotopic (exact) mass is 368 g/mol. The molecule has 110 valence electrons. The lowest BCUT2D eigenvalue weighted by Crippen LogP contribution is -2.20. The number of halogens is 2. The lowest BCUT2D eigenvalue weighted by molar-refractivity contribution is -0.149. The third-order valence-electron chi connectivity index (χ3n) is 2.91. The maximum atomic E-state index is 12.0. The van der Waals surface area contributed by atoms with Crippen molar-refractivity contribution in [3.05, 3.63) is 64.7 Å². The topological polar surface area (TPSA) is 35.5 Å². The maximum absolute atomic E-state index is 12.0. The molecule has 2 aromatic rings. The smallest absolute Gasteiger partial charge is 0.351 e. The predicted octanol–water partition coefficient (Wildman–Crippen LogP) is 4.53. The highest BCUT2D eigenvalue weighted by molar-refractivity contribution is 9.08. The average molecular weight is 370 g/mol. The molecule has 0 aliphatic heterocycles. The lowest BCUT2D eigenvalue weighted by Gasteiger charge is -2.18. The van der Waals surface area contributed by atoms with E-state index in [9.17, 15) is 4.79 Å². The average Bonchev–Trinajstić information content (AvgIpc) is 2.53. The Balaban J connectivity index is 2.29. The van der Waals surface area contributed by atoms with Crippen LogP contribution in [-0.2, 0) is 14.9 Å². The van der Waals surface area contributed by atoms with E-state index in [-0.39, 0.29) is 0 Å². The molecular formula is C16H14BrClO3. The van der Waals surface area contributed by atoms with Crippen LogP contribution < -0.4 is 4.74 Å². The van der Waals surface area contributed by atoms with Gasteiger partial charge >= 0.3 is 5.97 Å². The van der Waals surface area contributed by atoms with Crippen molar-refractivity contribution in [1.29, 1.82) is 0 Å². The molecule has 0 fully saturated rings. The summed E-state index contributed by atoms with van der Waals surface area (Å²) in [5.74, 6) is -0.0255. The van der Waals surface area contributed by atoms with Crippen LogP contribution in [0.3, 0.4) is 0 Å². The van der Waals surface area contributed by atoms with E-state index in [1.807, 2.05) is 36.4 Å². The first-order valence-corrected chi connectivity index (χ1v) is 7.79. The van der Waals surface area contributed by atoms with E-state index in [1.165, 1.54) is 7.11 Å². The fourth-order valence-corrected chi connectivity index (χ4v) is 2.43. The SMILES string of the molecule is COC(=O)C(Oc1ccc(CBr)cc1Cl)c1ccccc1. The minimum atomic E-state index is -0.844. The van der Waals surface area contributed by atoms with Gasteiger partial charge in [-0.15, -0.1) is 0 Å². The van der Waals surface area contributed by atoms with Gasteiger partial charge in [0, 0.05) is 10.9 Å². The summed E-state index contributed by atoms with van der Waals surface area (Å²) in [4.78, 5) is 12.0. The van der Waals surface area contributed by atoms with E-state index in [0.717, 1.165) is 5.56 Å². The number of methoxy groups -OCH3 is 1. The van der Waals surface area contributed by atoms with Gasteiger partial charge in [0.15, 0.2) is 0 Å². The first kappa shape index (κ1) is 15.9. The molecule has 0 radical (unpaired) electrons. The number of alkyl halides is 1. The second-order valence-electron chi connectivity index (χ2n) is 4.33. The van der Waals surface area contributed by atoms with Gasteiger partial charge in [0.2, 0.25) is 6.10 Å². The summed E-state index contributed by atoms with van der Waals surface area (Å²) in [7, 11) is 1.33. The van der Waals surface area contributed by atoms with Crippen molar-refractivity contribution in [2.75, 3.05) is 7.11 Å².